The van der Waals surface area contributed by atoms with Crippen LogP contribution in [0.1, 0.15) is 64.7 Å². The number of rotatable bonds is 10. The molecule has 2 aliphatic rings. The van der Waals surface area contributed by atoms with Gasteiger partial charge in [0.2, 0.25) is 0 Å². The molecule has 1 saturated heterocycles. The lowest BCUT2D eigenvalue weighted by molar-refractivity contribution is 0.0732. The summed E-state index contributed by atoms with van der Waals surface area (Å²) in [5.74, 6) is 0.954. The molecule has 25 heavy (non-hydrogen) atoms. The summed E-state index contributed by atoms with van der Waals surface area (Å²) in [6, 6.07) is 0.780. The molecule has 0 aromatic heterocycles. The lowest BCUT2D eigenvalue weighted by Crippen LogP contribution is -2.47. The van der Waals surface area contributed by atoms with Crippen molar-refractivity contribution in [3.63, 3.8) is 0 Å². The van der Waals surface area contributed by atoms with Gasteiger partial charge in [-0.15, -0.1) is 0 Å². The third kappa shape index (κ3) is 6.78. The van der Waals surface area contributed by atoms with Crippen LogP contribution < -0.4 is 10.6 Å². The Balaban J connectivity index is 1.57. The quantitative estimate of drug-likeness (QED) is 0.360. The number of likely N-dealkylation sites (tertiary alicyclic amines) is 1. The van der Waals surface area contributed by atoms with Crippen LogP contribution in [0.3, 0.4) is 0 Å². The van der Waals surface area contributed by atoms with Crippen LogP contribution in [-0.2, 0) is 4.74 Å². The van der Waals surface area contributed by atoms with Crippen LogP contribution in [0.5, 0.6) is 0 Å². The maximum Gasteiger partial charge on any atom is 0.190 e. The molecule has 1 unspecified atom stereocenters. The first kappa shape index (κ1) is 20.5. The first-order chi connectivity index (χ1) is 12.2. The molecule has 0 bridgehead atoms. The summed E-state index contributed by atoms with van der Waals surface area (Å²) in [4.78, 5) is 7.04. The fourth-order valence-corrected chi connectivity index (χ4v) is 4.14. The molecule has 0 spiro atoms. The van der Waals surface area contributed by atoms with E-state index in [4.69, 9.17) is 4.74 Å². The predicted molar refractivity (Wildman–Crippen MR) is 106 cm³/mol. The molecular formula is C20H40N4O. The summed E-state index contributed by atoms with van der Waals surface area (Å²) in [5, 5.41) is 7.03. The molecular weight excluding hydrogens is 312 g/mol. The van der Waals surface area contributed by atoms with Crippen molar-refractivity contribution in [3.8, 4) is 0 Å². The molecule has 0 amide bonds. The van der Waals surface area contributed by atoms with Crippen molar-refractivity contribution < 1.29 is 4.74 Å². The topological polar surface area (TPSA) is 48.9 Å². The van der Waals surface area contributed by atoms with Gasteiger partial charge in [0.25, 0.3) is 0 Å². The Morgan fingerprint density at radius 1 is 1.20 bits per heavy atom. The van der Waals surface area contributed by atoms with Gasteiger partial charge in [0.05, 0.1) is 0 Å². The summed E-state index contributed by atoms with van der Waals surface area (Å²) in [6.45, 7) is 7.80. The van der Waals surface area contributed by atoms with Crippen molar-refractivity contribution in [2.45, 2.75) is 70.8 Å². The van der Waals surface area contributed by atoms with Crippen molar-refractivity contribution in [1.29, 1.82) is 0 Å². The van der Waals surface area contributed by atoms with E-state index in [-0.39, 0.29) is 0 Å². The highest BCUT2D eigenvalue weighted by Gasteiger charge is 2.36. The van der Waals surface area contributed by atoms with E-state index < -0.39 is 0 Å². The van der Waals surface area contributed by atoms with Crippen molar-refractivity contribution >= 4 is 5.96 Å². The molecule has 2 N–H and O–H groups in total. The number of unbranched alkanes of at least 4 members (excludes halogenated alkanes) is 1. The van der Waals surface area contributed by atoms with Crippen LogP contribution >= 0.6 is 0 Å². The van der Waals surface area contributed by atoms with Gasteiger partial charge in [-0.3, -0.25) is 4.99 Å². The highest BCUT2D eigenvalue weighted by molar-refractivity contribution is 5.79. The van der Waals surface area contributed by atoms with Gasteiger partial charge in [0.15, 0.2) is 5.96 Å². The number of methoxy groups -OCH3 is 1. The van der Waals surface area contributed by atoms with Gasteiger partial charge in [-0.05, 0) is 70.4 Å². The first-order valence-electron chi connectivity index (χ1n) is 10.4. The summed E-state index contributed by atoms with van der Waals surface area (Å²) in [7, 11) is 3.66. The highest BCUT2D eigenvalue weighted by Crippen LogP contribution is 2.43. The molecule has 146 valence electrons. The highest BCUT2D eigenvalue weighted by atomic mass is 16.5. The molecule has 1 aliphatic carbocycles. The lowest BCUT2D eigenvalue weighted by Gasteiger charge is -2.42. The number of nitrogens with one attached hydrogen (secondary N) is 2. The largest absolute Gasteiger partial charge is 0.385 e. The summed E-state index contributed by atoms with van der Waals surface area (Å²) in [5.41, 5.74) is 0.429. The van der Waals surface area contributed by atoms with Crippen LogP contribution in [0.25, 0.3) is 0 Å². The molecule has 2 rings (SSSR count). The molecule has 2 fully saturated rings. The SMILES string of the molecule is CN=C(NCCCCN1CCCCC1C)NCC1(CCOC)CCC1. The molecule has 5 nitrogen and oxygen atoms in total. The Morgan fingerprint density at radius 2 is 2.04 bits per heavy atom. The lowest BCUT2D eigenvalue weighted by atomic mass is 9.67. The summed E-state index contributed by atoms with van der Waals surface area (Å²) < 4.78 is 5.28. The fourth-order valence-electron chi connectivity index (χ4n) is 4.14. The van der Waals surface area contributed by atoms with Crippen LogP contribution in [0.4, 0.5) is 0 Å². The van der Waals surface area contributed by atoms with E-state index in [0.29, 0.717) is 5.41 Å². The Labute approximate surface area is 155 Å². The van der Waals surface area contributed by atoms with Crippen molar-refractivity contribution in [3.05, 3.63) is 0 Å². The molecule has 5 heteroatoms. The van der Waals surface area contributed by atoms with Gasteiger partial charge >= 0.3 is 0 Å². The van der Waals surface area contributed by atoms with Gasteiger partial charge < -0.3 is 20.3 Å². The Bertz CT molecular complexity index is 395. The molecule has 0 radical (unpaired) electrons. The van der Waals surface area contributed by atoms with Crippen molar-refractivity contribution in [1.82, 2.24) is 15.5 Å². The maximum atomic E-state index is 5.28. The first-order valence-corrected chi connectivity index (χ1v) is 10.4. The number of aliphatic imine (C=N–C) groups is 1. The van der Waals surface area contributed by atoms with E-state index in [1.165, 1.54) is 64.5 Å². The number of guanidine groups is 1. The summed E-state index contributed by atoms with van der Waals surface area (Å²) >= 11 is 0. The molecule has 0 aromatic carbocycles. The van der Waals surface area contributed by atoms with Crippen LogP contribution in [-0.4, -0.2) is 63.8 Å². The average molecular weight is 353 g/mol. The van der Waals surface area contributed by atoms with E-state index >= 15 is 0 Å². The second-order valence-electron chi connectivity index (χ2n) is 8.04. The second-order valence-corrected chi connectivity index (χ2v) is 8.04. The van der Waals surface area contributed by atoms with Crippen LogP contribution in [0.15, 0.2) is 4.99 Å². The van der Waals surface area contributed by atoms with Gasteiger partial charge in [0, 0.05) is 39.9 Å². The zero-order valence-corrected chi connectivity index (χ0v) is 16.8. The second kappa shape index (κ2) is 11.0. The third-order valence-electron chi connectivity index (χ3n) is 6.21. The molecule has 1 saturated carbocycles. The van der Waals surface area contributed by atoms with Crippen molar-refractivity contribution in [2.75, 3.05) is 46.9 Å². The number of piperidine rings is 1. The number of hydrogen-bond donors (Lipinski definition) is 2. The van der Waals surface area contributed by atoms with Gasteiger partial charge in [-0.2, -0.15) is 0 Å². The smallest absolute Gasteiger partial charge is 0.190 e. The fraction of sp³-hybridized carbons (Fsp3) is 0.950. The Hall–Kier alpha value is -0.810. The third-order valence-corrected chi connectivity index (χ3v) is 6.21. The Morgan fingerprint density at radius 3 is 2.68 bits per heavy atom. The zero-order chi connectivity index (χ0) is 18.0. The summed E-state index contributed by atoms with van der Waals surface area (Å²) in [6.07, 6.45) is 11.8. The van der Waals surface area contributed by atoms with E-state index in [1.54, 1.807) is 7.11 Å². The van der Waals surface area contributed by atoms with E-state index in [1.807, 2.05) is 7.05 Å². The van der Waals surface area contributed by atoms with Gasteiger partial charge in [-0.25, -0.2) is 0 Å². The minimum Gasteiger partial charge on any atom is -0.385 e. The predicted octanol–water partition coefficient (Wildman–Crippen LogP) is 3.01. The van der Waals surface area contributed by atoms with E-state index in [0.717, 1.165) is 38.1 Å². The maximum absolute atomic E-state index is 5.28. The minimum absolute atomic E-state index is 0.429. The number of hydrogen-bond acceptors (Lipinski definition) is 3. The van der Waals surface area contributed by atoms with E-state index in [9.17, 15) is 0 Å². The minimum atomic E-state index is 0.429. The monoisotopic (exact) mass is 352 g/mol. The molecule has 0 aromatic rings. The van der Waals surface area contributed by atoms with Crippen molar-refractivity contribution in [2.24, 2.45) is 10.4 Å². The number of nitrogens with zero attached hydrogens (tertiary/aromatic N) is 2. The van der Waals surface area contributed by atoms with Crippen LogP contribution in [0, 0.1) is 5.41 Å². The number of ether oxygens (including phenoxy) is 1. The standard InChI is InChI=1S/C20H40N4O/c1-18-9-4-6-14-24(18)15-7-5-13-22-19(21-2)23-17-20(10-8-11-20)12-16-25-3/h18H,4-17H2,1-3H3,(H2,21,22,23). The Kier molecular flexibility index (Phi) is 9.04. The van der Waals surface area contributed by atoms with Gasteiger partial charge in [0.1, 0.15) is 0 Å². The zero-order valence-electron chi connectivity index (χ0n) is 16.8. The normalized spacial score (nSPS) is 24.0. The average Bonchev–Trinajstić information content (AvgIpc) is 2.59. The molecule has 1 atom stereocenters. The molecule has 1 heterocycles. The van der Waals surface area contributed by atoms with Gasteiger partial charge in [-0.1, -0.05) is 12.8 Å². The molecule has 1 aliphatic heterocycles. The van der Waals surface area contributed by atoms with E-state index in [2.05, 4.69) is 27.4 Å². The van der Waals surface area contributed by atoms with Crippen LogP contribution in [0.2, 0.25) is 0 Å².